The maximum atomic E-state index is 11.7. The van der Waals surface area contributed by atoms with Crippen LogP contribution in [-0.2, 0) is 4.74 Å². The number of ether oxygens (including phenoxy) is 1. The highest BCUT2D eigenvalue weighted by Crippen LogP contribution is 2.37. The lowest BCUT2D eigenvalue weighted by Gasteiger charge is -2.22. The van der Waals surface area contributed by atoms with E-state index in [0.29, 0.717) is 15.8 Å². The molecule has 1 aliphatic carbocycles. The van der Waals surface area contributed by atoms with Crippen LogP contribution >= 0.6 is 23.4 Å². The van der Waals surface area contributed by atoms with Crippen molar-refractivity contribution in [2.45, 2.75) is 49.2 Å². The number of benzene rings is 1. The van der Waals surface area contributed by atoms with Crippen molar-refractivity contribution in [1.29, 1.82) is 0 Å². The first kappa shape index (κ1) is 14.7. The lowest BCUT2D eigenvalue weighted by molar-refractivity contribution is 0.0599. The molecule has 0 spiro atoms. The van der Waals surface area contributed by atoms with Gasteiger partial charge in [-0.15, -0.1) is 11.8 Å². The fraction of sp³-hybridized carbons (Fsp3) is 0.533. The molecule has 1 aromatic carbocycles. The van der Waals surface area contributed by atoms with E-state index in [1.165, 1.54) is 39.2 Å². The summed E-state index contributed by atoms with van der Waals surface area (Å²) in [7, 11) is 1.40. The molecule has 0 saturated heterocycles. The second-order valence-corrected chi connectivity index (χ2v) is 6.72. The summed E-state index contributed by atoms with van der Waals surface area (Å²) in [5.74, 6) is -0.314. The minimum absolute atomic E-state index is 0.314. The third kappa shape index (κ3) is 3.67. The number of rotatable bonds is 3. The zero-order valence-corrected chi connectivity index (χ0v) is 12.9. The Morgan fingerprint density at radius 3 is 2.63 bits per heavy atom. The van der Waals surface area contributed by atoms with Gasteiger partial charge in [0.2, 0.25) is 0 Å². The van der Waals surface area contributed by atoms with Gasteiger partial charge in [0, 0.05) is 15.2 Å². The molecular weight excluding hydrogens is 280 g/mol. The van der Waals surface area contributed by atoms with E-state index in [2.05, 4.69) is 0 Å². The van der Waals surface area contributed by atoms with Crippen molar-refractivity contribution >= 4 is 29.3 Å². The Labute approximate surface area is 123 Å². The van der Waals surface area contributed by atoms with Gasteiger partial charge in [-0.1, -0.05) is 30.9 Å². The first-order valence-electron chi connectivity index (χ1n) is 6.67. The number of hydrogen-bond donors (Lipinski definition) is 0. The molecule has 2 rings (SSSR count). The van der Waals surface area contributed by atoms with Gasteiger partial charge in [-0.2, -0.15) is 0 Å². The molecule has 2 nitrogen and oxygen atoms in total. The maximum Gasteiger partial charge on any atom is 0.338 e. The Hall–Kier alpha value is -0.670. The van der Waals surface area contributed by atoms with Gasteiger partial charge in [-0.3, -0.25) is 0 Å². The molecule has 0 heterocycles. The fourth-order valence-corrected chi connectivity index (χ4v) is 4.15. The minimum atomic E-state index is -0.314. The summed E-state index contributed by atoms with van der Waals surface area (Å²) in [6, 6.07) is 3.65. The molecule has 19 heavy (non-hydrogen) atoms. The maximum absolute atomic E-state index is 11.7. The molecule has 0 bridgehead atoms. The lowest BCUT2D eigenvalue weighted by atomic mass is 10.0. The van der Waals surface area contributed by atoms with E-state index in [4.69, 9.17) is 16.3 Å². The molecule has 0 unspecified atom stereocenters. The van der Waals surface area contributed by atoms with E-state index >= 15 is 0 Å². The van der Waals surface area contributed by atoms with Crippen molar-refractivity contribution in [2.24, 2.45) is 0 Å². The number of carbonyl (C=O) groups excluding carboxylic acids is 1. The number of hydrogen-bond acceptors (Lipinski definition) is 3. The fourth-order valence-electron chi connectivity index (χ4n) is 2.46. The van der Waals surface area contributed by atoms with Crippen LogP contribution in [-0.4, -0.2) is 18.3 Å². The van der Waals surface area contributed by atoms with Gasteiger partial charge in [0.1, 0.15) is 0 Å². The summed E-state index contributed by atoms with van der Waals surface area (Å²) in [5, 5.41) is 1.25. The smallest absolute Gasteiger partial charge is 0.338 e. The van der Waals surface area contributed by atoms with Gasteiger partial charge in [0.05, 0.1) is 12.7 Å². The van der Waals surface area contributed by atoms with Crippen LogP contribution in [0.4, 0.5) is 0 Å². The average Bonchev–Trinajstić information content (AvgIpc) is 2.42. The summed E-state index contributed by atoms with van der Waals surface area (Å²) in [6.45, 7) is 1.97. The highest BCUT2D eigenvalue weighted by molar-refractivity contribution is 8.00. The molecular formula is C15H19ClO2S. The molecule has 0 atom stereocenters. The standard InChI is InChI=1S/C15H19ClO2S/c1-10-13(15(17)18-2)8-11(16)9-14(10)19-12-6-4-3-5-7-12/h8-9,12H,3-7H2,1-2H3. The van der Waals surface area contributed by atoms with E-state index in [9.17, 15) is 4.79 Å². The second kappa shape index (κ2) is 6.67. The van der Waals surface area contributed by atoms with E-state index in [0.717, 1.165) is 10.5 Å². The van der Waals surface area contributed by atoms with E-state index in [-0.39, 0.29) is 5.97 Å². The third-order valence-electron chi connectivity index (χ3n) is 3.58. The summed E-state index contributed by atoms with van der Waals surface area (Å²) in [4.78, 5) is 12.9. The van der Waals surface area contributed by atoms with Crippen LogP contribution in [0.2, 0.25) is 5.02 Å². The van der Waals surface area contributed by atoms with Crippen LogP contribution in [0.1, 0.15) is 48.0 Å². The van der Waals surface area contributed by atoms with Gasteiger partial charge in [0.25, 0.3) is 0 Å². The highest BCUT2D eigenvalue weighted by atomic mass is 35.5. The Bertz CT molecular complexity index is 467. The molecule has 0 aromatic heterocycles. The molecule has 1 saturated carbocycles. The van der Waals surface area contributed by atoms with Crippen LogP contribution in [0.3, 0.4) is 0 Å². The number of carbonyl (C=O) groups is 1. The number of methoxy groups -OCH3 is 1. The molecule has 104 valence electrons. The minimum Gasteiger partial charge on any atom is -0.465 e. The van der Waals surface area contributed by atoms with Crippen LogP contribution in [0.5, 0.6) is 0 Å². The topological polar surface area (TPSA) is 26.3 Å². The third-order valence-corrected chi connectivity index (χ3v) is 5.28. The van der Waals surface area contributed by atoms with Crippen molar-refractivity contribution in [1.82, 2.24) is 0 Å². The first-order valence-corrected chi connectivity index (χ1v) is 7.92. The SMILES string of the molecule is COC(=O)c1cc(Cl)cc(SC2CCCCC2)c1C. The molecule has 0 N–H and O–H groups in total. The quantitative estimate of drug-likeness (QED) is 0.745. The normalized spacial score (nSPS) is 16.4. The van der Waals surface area contributed by atoms with Crippen molar-refractivity contribution < 1.29 is 9.53 Å². The van der Waals surface area contributed by atoms with E-state index < -0.39 is 0 Å². The Morgan fingerprint density at radius 2 is 2.00 bits per heavy atom. The molecule has 4 heteroatoms. The monoisotopic (exact) mass is 298 g/mol. The largest absolute Gasteiger partial charge is 0.465 e. The van der Waals surface area contributed by atoms with Crippen LogP contribution in [0, 0.1) is 6.92 Å². The summed E-state index contributed by atoms with van der Waals surface area (Å²) in [6.07, 6.45) is 6.47. The average molecular weight is 299 g/mol. The Morgan fingerprint density at radius 1 is 1.32 bits per heavy atom. The van der Waals surface area contributed by atoms with E-state index in [1.54, 1.807) is 6.07 Å². The van der Waals surface area contributed by atoms with Gasteiger partial charge in [0.15, 0.2) is 0 Å². The second-order valence-electron chi connectivity index (χ2n) is 4.95. The van der Waals surface area contributed by atoms with Gasteiger partial charge < -0.3 is 4.74 Å². The van der Waals surface area contributed by atoms with Gasteiger partial charge in [-0.05, 0) is 37.5 Å². The molecule has 0 aliphatic heterocycles. The molecule has 0 amide bonds. The predicted octanol–water partition coefficient (Wildman–Crippen LogP) is 4.86. The van der Waals surface area contributed by atoms with Crippen LogP contribution in [0.25, 0.3) is 0 Å². The van der Waals surface area contributed by atoms with Crippen LogP contribution < -0.4 is 0 Å². The summed E-state index contributed by atoms with van der Waals surface area (Å²) >= 11 is 7.97. The van der Waals surface area contributed by atoms with Crippen molar-refractivity contribution in [3.05, 3.63) is 28.3 Å². The lowest BCUT2D eigenvalue weighted by Crippen LogP contribution is -2.09. The van der Waals surface area contributed by atoms with Gasteiger partial charge in [-0.25, -0.2) is 4.79 Å². The molecule has 1 aromatic rings. The van der Waals surface area contributed by atoms with Crippen LogP contribution in [0.15, 0.2) is 17.0 Å². The molecule has 0 radical (unpaired) electrons. The predicted molar refractivity (Wildman–Crippen MR) is 80.3 cm³/mol. The van der Waals surface area contributed by atoms with Gasteiger partial charge >= 0.3 is 5.97 Å². The Balaban J connectivity index is 2.24. The zero-order chi connectivity index (χ0) is 13.8. The highest BCUT2D eigenvalue weighted by Gasteiger charge is 2.19. The molecule has 1 aliphatic rings. The summed E-state index contributed by atoms with van der Waals surface area (Å²) < 4.78 is 4.81. The number of thioether (sulfide) groups is 1. The van der Waals surface area contributed by atoms with Crippen molar-refractivity contribution in [3.63, 3.8) is 0 Å². The Kier molecular flexibility index (Phi) is 5.17. The van der Waals surface area contributed by atoms with E-state index in [1.807, 2.05) is 24.8 Å². The summed E-state index contributed by atoms with van der Waals surface area (Å²) in [5.41, 5.74) is 1.56. The first-order chi connectivity index (χ1) is 9.11. The molecule has 1 fully saturated rings. The van der Waals surface area contributed by atoms with Crippen molar-refractivity contribution in [2.75, 3.05) is 7.11 Å². The van der Waals surface area contributed by atoms with Crippen molar-refractivity contribution in [3.8, 4) is 0 Å². The number of esters is 1. The number of halogens is 1. The zero-order valence-electron chi connectivity index (χ0n) is 11.4.